The molecule has 1 fully saturated rings. The molecule has 0 radical (unpaired) electrons. The first-order valence-corrected chi connectivity index (χ1v) is 10.1. The summed E-state index contributed by atoms with van der Waals surface area (Å²) in [6.45, 7) is 8.28. The number of ether oxygens (including phenoxy) is 1. The lowest BCUT2D eigenvalue weighted by Crippen LogP contribution is -2.57. The molecular weight excluding hydrogens is 356 g/mol. The number of nitrogens with zero attached hydrogens (tertiary/aromatic N) is 1. The third-order valence-corrected chi connectivity index (χ3v) is 6.20. The second kappa shape index (κ2) is 7.75. The fourth-order valence-corrected chi connectivity index (χ4v) is 4.40. The number of carbonyl (C=O) groups is 2. The Balaban J connectivity index is 2.32. The third-order valence-electron chi connectivity index (χ3n) is 4.27. The SMILES string of the molecule is CCOC(=O)CC1C(=O)NCCN1S(=O)(=O)c1ccc(C(C)(C)C)cc1. The van der Waals surface area contributed by atoms with Crippen molar-refractivity contribution in [1.29, 1.82) is 0 Å². The van der Waals surface area contributed by atoms with Gasteiger partial charge in [-0.3, -0.25) is 9.59 Å². The maximum absolute atomic E-state index is 13.0. The molecule has 1 amide bonds. The summed E-state index contributed by atoms with van der Waals surface area (Å²) >= 11 is 0. The van der Waals surface area contributed by atoms with Crippen LogP contribution in [0.4, 0.5) is 0 Å². The molecule has 0 saturated carbocycles. The van der Waals surface area contributed by atoms with E-state index in [1.807, 2.05) is 20.8 Å². The molecular formula is C18H26N2O5S. The van der Waals surface area contributed by atoms with Gasteiger partial charge in [-0.25, -0.2) is 8.42 Å². The zero-order chi connectivity index (χ0) is 19.5. The smallest absolute Gasteiger partial charge is 0.307 e. The van der Waals surface area contributed by atoms with E-state index in [0.29, 0.717) is 0 Å². The summed E-state index contributed by atoms with van der Waals surface area (Å²) < 4.78 is 32.0. The Labute approximate surface area is 154 Å². The second-order valence-corrected chi connectivity index (χ2v) is 9.10. The Kier molecular flexibility index (Phi) is 6.08. The molecule has 1 aliphatic rings. The molecule has 1 aliphatic heterocycles. The summed E-state index contributed by atoms with van der Waals surface area (Å²) in [7, 11) is -3.90. The van der Waals surface area contributed by atoms with Crippen LogP contribution in [0.3, 0.4) is 0 Å². The predicted molar refractivity (Wildman–Crippen MR) is 97.1 cm³/mol. The van der Waals surface area contributed by atoms with E-state index in [-0.39, 0.29) is 36.4 Å². The molecule has 1 aromatic carbocycles. The van der Waals surface area contributed by atoms with Crippen molar-refractivity contribution in [3.63, 3.8) is 0 Å². The van der Waals surface area contributed by atoms with Crippen molar-refractivity contribution in [2.24, 2.45) is 0 Å². The van der Waals surface area contributed by atoms with Gasteiger partial charge in [-0.15, -0.1) is 0 Å². The average molecular weight is 382 g/mol. The van der Waals surface area contributed by atoms with E-state index in [0.717, 1.165) is 9.87 Å². The van der Waals surface area contributed by atoms with Gasteiger partial charge in [0.25, 0.3) is 0 Å². The molecule has 26 heavy (non-hydrogen) atoms. The molecule has 0 aliphatic carbocycles. The molecule has 0 aromatic heterocycles. The summed E-state index contributed by atoms with van der Waals surface area (Å²) in [5.41, 5.74) is 0.913. The number of nitrogens with one attached hydrogen (secondary N) is 1. The van der Waals surface area contributed by atoms with E-state index in [4.69, 9.17) is 4.74 Å². The fourth-order valence-electron chi connectivity index (χ4n) is 2.82. The van der Waals surface area contributed by atoms with Crippen LogP contribution in [0.5, 0.6) is 0 Å². The van der Waals surface area contributed by atoms with Crippen molar-refractivity contribution in [2.45, 2.75) is 50.5 Å². The predicted octanol–water partition coefficient (Wildman–Crippen LogP) is 1.43. The molecule has 1 heterocycles. The monoisotopic (exact) mass is 382 g/mol. The lowest BCUT2D eigenvalue weighted by atomic mass is 9.87. The van der Waals surface area contributed by atoms with Crippen molar-refractivity contribution in [3.05, 3.63) is 29.8 Å². The summed E-state index contributed by atoms with van der Waals surface area (Å²) in [4.78, 5) is 24.1. The van der Waals surface area contributed by atoms with Crippen LogP contribution < -0.4 is 5.32 Å². The Bertz CT molecular complexity index is 766. The lowest BCUT2D eigenvalue weighted by molar-refractivity contribution is -0.146. The highest BCUT2D eigenvalue weighted by Gasteiger charge is 2.40. The highest BCUT2D eigenvalue weighted by atomic mass is 32.2. The van der Waals surface area contributed by atoms with E-state index in [9.17, 15) is 18.0 Å². The minimum Gasteiger partial charge on any atom is -0.466 e. The molecule has 0 spiro atoms. The Morgan fingerprint density at radius 3 is 2.42 bits per heavy atom. The van der Waals surface area contributed by atoms with E-state index in [1.54, 1.807) is 31.2 Å². The van der Waals surface area contributed by atoms with Gasteiger partial charge in [-0.2, -0.15) is 4.31 Å². The summed E-state index contributed by atoms with van der Waals surface area (Å²) in [5.74, 6) is -1.09. The van der Waals surface area contributed by atoms with Crippen LogP contribution in [-0.2, 0) is 29.8 Å². The largest absolute Gasteiger partial charge is 0.466 e. The molecule has 1 N–H and O–H groups in total. The number of rotatable bonds is 5. The number of piperazine rings is 1. The van der Waals surface area contributed by atoms with Crippen molar-refractivity contribution >= 4 is 21.9 Å². The minimum atomic E-state index is -3.90. The molecule has 1 unspecified atom stereocenters. The van der Waals surface area contributed by atoms with Crippen LogP contribution in [0, 0.1) is 0 Å². The van der Waals surface area contributed by atoms with Gasteiger partial charge in [0, 0.05) is 13.1 Å². The number of esters is 1. The normalized spacial score (nSPS) is 19.1. The van der Waals surface area contributed by atoms with Gasteiger partial charge in [0.1, 0.15) is 6.04 Å². The molecule has 1 aromatic rings. The number of hydrogen-bond donors (Lipinski definition) is 1. The van der Waals surface area contributed by atoms with E-state index in [2.05, 4.69) is 5.32 Å². The summed E-state index contributed by atoms with van der Waals surface area (Å²) in [6.07, 6.45) is -0.307. The number of amides is 1. The van der Waals surface area contributed by atoms with Crippen LogP contribution >= 0.6 is 0 Å². The maximum Gasteiger partial charge on any atom is 0.307 e. The standard InChI is InChI=1S/C18H26N2O5S/c1-5-25-16(21)12-15-17(22)19-10-11-20(15)26(23,24)14-8-6-13(7-9-14)18(2,3)4/h6-9,15H,5,10-12H2,1-4H3,(H,19,22). The van der Waals surface area contributed by atoms with Crippen molar-refractivity contribution < 1.29 is 22.7 Å². The molecule has 1 atom stereocenters. The van der Waals surface area contributed by atoms with Gasteiger partial charge in [0.2, 0.25) is 15.9 Å². The Hall–Kier alpha value is -1.93. The zero-order valence-electron chi connectivity index (χ0n) is 15.6. The Morgan fingerprint density at radius 1 is 1.27 bits per heavy atom. The van der Waals surface area contributed by atoms with Gasteiger partial charge in [-0.05, 0) is 30.0 Å². The molecule has 144 valence electrons. The van der Waals surface area contributed by atoms with Gasteiger partial charge in [-0.1, -0.05) is 32.9 Å². The highest BCUT2D eigenvalue weighted by molar-refractivity contribution is 7.89. The first kappa shape index (κ1) is 20.4. The topological polar surface area (TPSA) is 92.8 Å². The van der Waals surface area contributed by atoms with Gasteiger partial charge in [0.15, 0.2) is 0 Å². The molecule has 8 heteroatoms. The van der Waals surface area contributed by atoms with Crippen molar-refractivity contribution in [1.82, 2.24) is 9.62 Å². The first-order chi connectivity index (χ1) is 12.1. The van der Waals surface area contributed by atoms with Crippen LogP contribution in [0.15, 0.2) is 29.2 Å². The first-order valence-electron chi connectivity index (χ1n) is 8.63. The van der Waals surface area contributed by atoms with E-state index >= 15 is 0 Å². The summed E-state index contributed by atoms with van der Waals surface area (Å²) in [6, 6.07) is 5.54. The minimum absolute atomic E-state index is 0.0975. The third kappa shape index (κ3) is 4.42. The highest BCUT2D eigenvalue weighted by Crippen LogP contribution is 2.26. The van der Waals surface area contributed by atoms with Crippen LogP contribution in [0.25, 0.3) is 0 Å². The second-order valence-electron chi connectivity index (χ2n) is 7.21. The maximum atomic E-state index is 13.0. The molecule has 0 bridgehead atoms. The van der Waals surface area contributed by atoms with E-state index in [1.165, 1.54) is 0 Å². The number of hydrogen-bond acceptors (Lipinski definition) is 5. The van der Waals surface area contributed by atoms with Crippen molar-refractivity contribution in [2.75, 3.05) is 19.7 Å². The molecule has 1 saturated heterocycles. The Morgan fingerprint density at radius 2 is 1.88 bits per heavy atom. The molecule has 7 nitrogen and oxygen atoms in total. The average Bonchev–Trinajstić information content (AvgIpc) is 2.56. The van der Waals surface area contributed by atoms with Gasteiger partial charge < -0.3 is 10.1 Å². The fraction of sp³-hybridized carbons (Fsp3) is 0.556. The van der Waals surface area contributed by atoms with Gasteiger partial charge in [0.05, 0.1) is 17.9 Å². The van der Waals surface area contributed by atoms with Crippen LogP contribution in [0.2, 0.25) is 0 Å². The summed E-state index contributed by atoms with van der Waals surface area (Å²) in [5, 5.41) is 2.61. The number of benzene rings is 1. The van der Waals surface area contributed by atoms with Crippen LogP contribution in [0.1, 0.15) is 39.7 Å². The molecule has 2 rings (SSSR count). The zero-order valence-corrected chi connectivity index (χ0v) is 16.4. The van der Waals surface area contributed by atoms with Crippen LogP contribution in [-0.4, -0.2) is 50.3 Å². The number of carbonyl (C=O) groups excluding carboxylic acids is 2. The number of sulfonamides is 1. The van der Waals surface area contributed by atoms with Gasteiger partial charge >= 0.3 is 5.97 Å². The lowest BCUT2D eigenvalue weighted by Gasteiger charge is -2.33. The van der Waals surface area contributed by atoms with E-state index < -0.39 is 27.9 Å². The quantitative estimate of drug-likeness (QED) is 0.778. The van der Waals surface area contributed by atoms with Crippen molar-refractivity contribution in [3.8, 4) is 0 Å².